The average Bonchev–Trinajstić information content (AvgIpc) is 2.55. The van der Waals surface area contributed by atoms with Crippen molar-refractivity contribution in [1.82, 2.24) is 5.32 Å². The number of fused-ring (bicyclic) bond motifs is 1. The van der Waals surface area contributed by atoms with Crippen LogP contribution in [-0.4, -0.2) is 28.2 Å². The minimum absolute atomic E-state index is 0.480. The van der Waals surface area contributed by atoms with Gasteiger partial charge in [-0.1, -0.05) is 24.3 Å². The number of carbonyl (C=O) groups excluding carboxylic acids is 1. The molecule has 1 amide bonds. The molecule has 1 aliphatic rings. The Labute approximate surface area is 98.1 Å². The second-order valence-electron chi connectivity index (χ2n) is 4.09. The summed E-state index contributed by atoms with van der Waals surface area (Å²) in [4.78, 5) is 21.7. The normalized spacial score (nSPS) is 21.9. The van der Waals surface area contributed by atoms with E-state index in [1.807, 2.05) is 24.3 Å². The van der Waals surface area contributed by atoms with E-state index in [-0.39, 0.29) is 0 Å². The fourth-order valence-electron chi connectivity index (χ4n) is 2.11. The third-order valence-corrected chi connectivity index (χ3v) is 2.83. The summed E-state index contributed by atoms with van der Waals surface area (Å²) in [5, 5.41) is 20.9. The SMILES string of the molecule is O=C(O)CC(=O)N[C@@H]1c2ccccc2C[C@@H]1O. The second-order valence-corrected chi connectivity index (χ2v) is 4.09. The van der Waals surface area contributed by atoms with Gasteiger partial charge in [0, 0.05) is 6.42 Å². The van der Waals surface area contributed by atoms with Crippen molar-refractivity contribution in [2.24, 2.45) is 0 Å². The predicted octanol–water partition coefficient (Wildman–Crippen LogP) is 0.236. The molecule has 0 fully saturated rings. The second kappa shape index (κ2) is 4.55. The van der Waals surface area contributed by atoms with Crippen LogP contribution in [0.5, 0.6) is 0 Å². The maximum Gasteiger partial charge on any atom is 0.312 e. The summed E-state index contributed by atoms with van der Waals surface area (Å²) >= 11 is 0. The molecular weight excluding hydrogens is 222 g/mol. The molecule has 5 heteroatoms. The molecule has 0 unspecified atom stereocenters. The lowest BCUT2D eigenvalue weighted by molar-refractivity contribution is -0.141. The van der Waals surface area contributed by atoms with Crippen LogP contribution in [0, 0.1) is 0 Å². The van der Waals surface area contributed by atoms with Crippen molar-refractivity contribution in [1.29, 1.82) is 0 Å². The Morgan fingerprint density at radius 1 is 1.35 bits per heavy atom. The van der Waals surface area contributed by atoms with Gasteiger partial charge < -0.3 is 15.5 Å². The van der Waals surface area contributed by atoms with E-state index in [9.17, 15) is 14.7 Å². The van der Waals surface area contributed by atoms with E-state index in [1.54, 1.807) is 0 Å². The van der Waals surface area contributed by atoms with Crippen molar-refractivity contribution in [2.45, 2.75) is 25.0 Å². The zero-order valence-corrected chi connectivity index (χ0v) is 9.09. The molecule has 3 N–H and O–H groups in total. The predicted molar refractivity (Wildman–Crippen MR) is 59.3 cm³/mol. The first-order valence-corrected chi connectivity index (χ1v) is 5.35. The van der Waals surface area contributed by atoms with E-state index in [2.05, 4.69) is 5.32 Å². The highest BCUT2D eigenvalue weighted by atomic mass is 16.4. The molecule has 0 saturated carbocycles. The number of hydrogen-bond acceptors (Lipinski definition) is 3. The van der Waals surface area contributed by atoms with Crippen LogP contribution in [0.15, 0.2) is 24.3 Å². The minimum atomic E-state index is -1.18. The van der Waals surface area contributed by atoms with Gasteiger partial charge in [0.1, 0.15) is 6.42 Å². The molecule has 2 rings (SSSR count). The van der Waals surface area contributed by atoms with E-state index in [1.165, 1.54) is 0 Å². The first kappa shape index (κ1) is 11.6. The van der Waals surface area contributed by atoms with Crippen LogP contribution in [0.1, 0.15) is 23.6 Å². The first-order chi connectivity index (χ1) is 8.08. The smallest absolute Gasteiger partial charge is 0.312 e. The molecule has 1 aromatic carbocycles. The molecule has 0 radical (unpaired) electrons. The number of carboxylic acid groups (broad SMARTS) is 1. The van der Waals surface area contributed by atoms with Gasteiger partial charge >= 0.3 is 5.97 Å². The maximum absolute atomic E-state index is 11.4. The van der Waals surface area contributed by atoms with E-state index in [0.717, 1.165) is 11.1 Å². The van der Waals surface area contributed by atoms with Crippen LogP contribution < -0.4 is 5.32 Å². The summed E-state index contributed by atoms with van der Waals surface area (Å²) in [7, 11) is 0. The monoisotopic (exact) mass is 235 g/mol. The minimum Gasteiger partial charge on any atom is -0.481 e. The molecule has 1 aromatic rings. The third-order valence-electron chi connectivity index (χ3n) is 2.83. The highest BCUT2D eigenvalue weighted by Gasteiger charge is 2.31. The molecule has 1 aliphatic carbocycles. The Bertz CT molecular complexity index is 458. The quantitative estimate of drug-likeness (QED) is 0.655. The van der Waals surface area contributed by atoms with Gasteiger partial charge in [0.2, 0.25) is 5.91 Å². The molecule has 0 aliphatic heterocycles. The number of carboxylic acids is 1. The van der Waals surface area contributed by atoms with Gasteiger partial charge in [-0.05, 0) is 11.1 Å². The summed E-state index contributed by atoms with van der Waals surface area (Å²) in [6.07, 6.45) is -0.787. The van der Waals surface area contributed by atoms with Gasteiger partial charge in [-0.15, -0.1) is 0 Å². The number of rotatable bonds is 3. The summed E-state index contributed by atoms with van der Waals surface area (Å²) in [6.45, 7) is 0. The Kier molecular flexibility index (Phi) is 3.10. The molecule has 5 nitrogen and oxygen atoms in total. The number of nitrogens with one attached hydrogen (secondary N) is 1. The molecule has 0 heterocycles. The largest absolute Gasteiger partial charge is 0.481 e. The number of hydrogen-bond donors (Lipinski definition) is 3. The molecule has 0 bridgehead atoms. The third kappa shape index (κ3) is 2.45. The van der Waals surface area contributed by atoms with Crippen molar-refractivity contribution in [2.75, 3.05) is 0 Å². The fraction of sp³-hybridized carbons (Fsp3) is 0.333. The Morgan fingerprint density at radius 3 is 2.76 bits per heavy atom. The van der Waals surface area contributed by atoms with E-state index in [4.69, 9.17) is 5.11 Å². The Balaban J connectivity index is 2.11. The van der Waals surface area contributed by atoms with Crippen molar-refractivity contribution in [3.8, 4) is 0 Å². The maximum atomic E-state index is 11.4. The Hall–Kier alpha value is -1.88. The Morgan fingerprint density at radius 2 is 2.06 bits per heavy atom. The van der Waals surface area contributed by atoms with E-state index >= 15 is 0 Å². The van der Waals surface area contributed by atoms with Crippen LogP contribution in [0.3, 0.4) is 0 Å². The van der Waals surface area contributed by atoms with Crippen molar-refractivity contribution >= 4 is 11.9 Å². The molecule has 0 spiro atoms. The van der Waals surface area contributed by atoms with Gasteiger partial charge in [0.05, 0.1) is 12.1 Å². The number of benzene rings is 1. The van der Waals surface area contributed by atoms with Gasteiger partial charge in [-0.25, -0.2) is 0 Å². The lowest BCUT2D eigenvalue weighted by atomic mass is 10.1. The van der Waals surface area contributed by atoms with Crippen LogP contribution in [-0.2, 0) is 16.0 Å². The van der Waals surface area contributed by atoms with Gasteiger partial charge in [-0.2, -0.15) is 0 Å². The summed E-state index contributed by atoms with van der Waals surface area (Å²) in [5.41, 5.74) is 1.85. The zero-order chi connectivity index (χ0) is 12.4. The topological polar surface area (TPSA) is 86.6 Å². The fourth-order valence-corrected chi connectivity index (χ4v) is 2.11. The molecular formula is C12H13NO4. The van der Waals surface area contributed by atoms with Crippen molar-refractivity contribution in [3.05, 3.63) is 35.4 Å². The standard InChI is InChI=1S/C12H13NO4/c14-9-5-7-3-1-2-4-8(7)12(9)13-10(15)6-11(16)17/h1-4,9,12,14H,5-6H2,(H,13,15)(H,16,17)/t9-,12+/m0/s1. The summed E-state index contributed by atoms with van der Waals surface area (Å²) < 4.78 is 0. The first-order valence-electron chi connectivity index (χ1n) is 5.35. The number of amides is 1. The van der Waals surface area contributed by atoms with Crippen molar-refractivity contribution in [3.63, 3.8) is 0 Å². The van der Waals surface area contributed by atoms with Gasteiger partial charge in [0.25, 0.3) is 0 Å². The van der Waals surface area contributed by atoms with E-state index < -0.39 is 30.4 Å². The highest BCUT2D eigenvalue weighted by molar-refractivity contribution is 5.93. The number of carbonyl (C=O) groups is 2. The number of aliphatic hydroxyl groups excluding tert-OH is 1. The summed E-state index contributed by atoms with van der Waals surface area (Å²) in [6, 6.07) is 6.91. The average molecular weight is 235 g/mol. The highest BCUT2D eigenvalue weighted by Crippen LogP contribution is 2.31. The number of aliphatic hydroxyl groups is 1. The molecule has 17 heavy (non-hydrogen) atoms. The summed E-state index contributed by atoms with van der Waals surface area (Å²) in [5.74, 6) is -1.76. The van der Waals surface area contributed by atoms with Crippen LogP contribution >= 0.6 is 0 Å². The van der Waals surface area contributed by atoms with Gasteiger partial charge in [0.15, 0.2) is 0 Å². The molecule has 2 atom stereocenters. The molecule has 90 valence electrons. The van der Waals surface area contributed by atoms with Crippen LogP contribution in [0.2, 0.25) is 0 Å². The van der Waals surface area contributed by atoms with Gasteiger partial charge in [-0.3, -0.25) is 9.59 Å². The molecule has 0 aromatic heterocycles. The number of aliphatic carboxylic acids is 1. The van der Waals surface area contributed by atoms with Crippen molar-refractivity contribution < 1.29 is 19.8 Å². The molecule has 0 saturated heterocycles. The van der Waals surface area contributed by atoms with Crippen LogP contribution in [0.25, 0.3) is 0 Å². The lowest BCUT2D eigenvalue weighted by Gasteiger charge is -2.17. The van der Waals surface area contributed by atoms with E-state index in [0.29, 0.717) is 6.42 Å². The lowest BCUT2D eigenvalue weighted by Crippen LogP contribution is -2.34. The zero-order valence-electron chi connectivity index (χ0n) is 9.09. The van der Waals surface area contributed by atoms with Crippen LogP contribution in [0.4, 0.5) is 0 Å².